The normalized spacial score (nSPS) is 30.6. The predicted molar refractivity (Wildman–Crippen MR) is 101 cm³/mol. The second-order valence-electron chi connectivity index (χ2n) is 7.77. The molecule has 11 nitrogen and oxygen atoms in total. The Kier molecular flexibility index (Phi) is 4.47. The highest BCUT2D eigenvalue weighted by molar-refractivity contribution is 6.23. The molecule has 0 saturated carbocycles. The topological polar surface area (TPSA) is 142 Å². The summed E-state index contributed by atoms with van der Waals surface area (Å²) in [5.41, 5.74) is -3.19. The number of hydrogen-bond acceptors (Lipinski definition) is 9. The fourth-order valence-corrected chi connectivity index (χ4v) is 4.56. The molecule has 0 spiro atoms. The standard InChI is InChI=1S/C20H18N2O9/c1-10(23)29-18(30-11(2)24)20-8-7-19(3,31-20)14-15(20)17(26)21(16(14)25)12-5-4-6-13(9-12)22(27)28/h4-9,14-15,18H,1-3H3. The van der Waals surface area contributed by atoms with Crippen LogP contribution in [0.2, 0.25) is 0 Å². The van der Waals surface area contributed by atoms with Gasteiger partial charge in [-0.15, -0.1) is 0 Å². The summed E-state index contributed by atoms with van der Waals surface area (Å²) in [5, 5.41) is 11.1. The van der Waals surface area contributed by atoms with E-state index in [2.05, 4.69) is 0 Å². The van der Waals surface area contributed by atoms with Gasteiger partial charge in [0.1, 0.15) is 0 Å². The Labute approximate surface area is 175 Å². The fourth-order valence-electron chi connectivity index (χ4n) is 4.56. The molecule has 1 aromatic carbocycles. The lowest BCUT2D eigenvalue weighted by Gasteiger charge is -2.34. The summed E-state index contributed by atoms with van der Waals surface area (Å²) in [6.07, 6.45) is 1.43. The van der Waals surface area contributed by atoms with Gasteiger partial charge in [-0.1, -0.05) is 12.1 Å². The minimum Gasteiger partial charge on any atom is -0.422 e. The molecule has 2 fully saturated rings. The van der Waals surface area contributed by atoms with Crippen LogP contribution in [0.5, 0.6) is 0 Å². The number of nitro groups is 1. The lowest BCUT2D eigenvalue weighted by molar-refractivity contribution is -0.384. The molecule has 2 amide bonds. The van der Waals surface area contributed by atoms with E-state index in [0.717, 1.165) is 24.8 Å². The van der Waals surface area contributed by atoms with Crippen molar-refractivity contribution in [2.24, 2.45) is 11.8 Å². The van der Waals surface area contributed by atoms with Crippen LogP contribution in [0, 0.1) is 22.0 Å². The highest BCUT2D eigenvalue weighted by Crippen LogP contribution is 2.59. The number of nitrogens with zero attached hydrogens (tertiary/aromatic N) is 2. The molecule has 2 bridgehead atoms. The number of benzene rings is 1. The highest BCUT2D eigenvalue weighted by Gasteiger charge is 2.76. The van der Waals surface area contributed by atoms with Gasteiger partial charge in [-0.3, -0.25) is 29.3 Å². The Morgan fingerprint density at radius 3 is 2.32 bits per heavy atom. The molecule has 31 heavy (non-hydrogen) atoms. The third-order valence-corrected chi connectivity index (χ3v) is 5.69. The van der Waals surface area contributed by atoms with E-state index in [-0.39, 0.29) is 11.4 Å². The number of nitro benzene ring substituents is 1. The van der Waals surface area contributed by atoms with Crippen molar-refractivity contribution in [3.05, 3.63) is 46.5 Å². The van der Waals surface area contributed by atoms with Gasteiger partial charge in [-0.25, -0.2) is 4.90 Å². The Bertz CT molecular complexity index is 1050. The van der Waals surface area contributed by atoms with E-state index in [1.165, 1.54) is 24.3 Å². The van der Waals surface area contributed by atoms with Gasteiger partial charge in [-0.2, -0.15) is 0 Å². The molecule has 3 heterocycles. The van der Waals surface area contributed by atoms with E-state index in [9.17, 15) is 29.3 Å². The zero-order valence-corrected chi connectivity index (χ0v) is 16.8. The van der Waals surface area contributed by atoms with E-state index < -0.39 is 58.0 Å². The maximum absolute atomic E-state index is 13.4. The summed E-state index contributed by atoms with van der Waals surface area (Å²) in [5.74, 6) is -5.04. The molecular weight excluding hydrogens is 412 g/mol. The minimum absolute atomic E-state index is 0.0354. The maximum Gasteiger partial charge on any atom is 0.305 e. The van der Waals surface area contributed by atoms with Crippen LogP contribution in [0.1, 0.15) is 20.8 Å². The first kappa shape index (κ1) is 20.7. The van der Waals surface area contributed by atoms with Crippen molar-refractivity contribution in [3.63, 3.8) is 0 Å². The van der Waals surface area contributed by atoms with E-state index in [1.807, 2.05) is 0 Å². The van der Waals surface area contributed by atoms with E-state index in [0.29, 0.717) is 0 Å². The van der Waals surface area contributed by atoms with E-state index >= 15 is 0 Å². The number of rotatable bonds is 5. The van der Waals surface area contributed by atoms with Gasteiger partial charge < -0.3 is 14.2 Å². The zero-order chi connectivity index (χ0) is 22.7. The van der Waals surface area contributed by atoms with Crippen LogP contribution >= 0.6 is 0 Å². The van der Waals surface area contributed by atoms with Crippen LogP contribution in [0.3, 0.4) is 0 Å². The smallest absolute Gasteiger partial charge is 0.305 e. The van der Waals surface area contributed by atoms with Crippen molar-refractivity contribution in [2.45, 2.75) is 38.3 Å². The van der Waals surface area contributed by atoms with Gasteiger partial charge in [0.25, 0.3) is 12.0 Å². The molecule has 3 aliphatic heterocycles. The molecule has 162 valence electrons. The van der Waals surface area contributed by atoms with Crippen molar-refractivity contribution in [1.29, 1.82) is 0 Å². The number of amides is 2. The zero-order valence-electron chi connectivity index (χ0n) is 16.8. The van der Waals surface area contributed by atoms with Gasteiger partial charge in [0.05, 0.1) is 28.0 Å². The predicted octanol–water partition coefficient (Wildman–Crippen LogP) is 1.25. The Morgan fingerprint density at radius 2 is 1.74 bits per heavy atom. The number of imide groups is 1. The molecule has 0 aliphatic carbocycles. The number of carbonyl (C=O) groups is 4. The van der Waals surface area contributed by atoms with Crippen molar-refractivity contribution in [3.8, 4) is 0 Å². The Balaban J connectivity index is 1.79. The highest BCUT2D eigenvalue weighted by atomic mass is 16.7. The summed E-state index contributed by atoms with van der Waals surface area (Å²) in [6, 6.07) is 5.13. The van der Waals surface area contributed by atoms with Gasteiger partial charge in [0.2, 0.25) is 11.8 Å². The van der Waals surface area contributed by atoms with Crippen LogP contribution in [-0.2, 0) is 33.4 Å². The van der Waals surface area contributed by atoms with Gasteiger partial charge in [0, 0.05) is 26.0 Å². The number of ether oxygens (including phenoxy) is 3. The number of hydrogen-bond donors (Lipinski definition) is 0. The lowest BCUT2D eigenvalue weighted by Crippen LogP contribution is -2.52. The van der Waals surface area contributed by atoms with E-state index in [4.69, 9.17) is 14.2 Å². The monoisotopic (exact) mass is 430 g/mol. The van der Waals surface area contributed by atoms with Crippen LogP contribution < -0.4 is 4.90 Å². The first-order valence-electron chi connectivity index (χ1n) is 9.37. The summed E-state index contributed by atoms with van der Waals surface area (Å²) in [6.45, 7) is 3.81. The van der Waals surface area contributed by atoms with Crippen LogP contribution in [0.4, 0.5) is 11.4 Å². The second-order valence-corrected chi connectivity index (χ2v) is 7.77. The molecular formula is C20H18N2O9. The lowest BCUT2D eigenvalue weighted by atomic mass is 9.72. The van der Waals surface area contributed by atoms with Crippen molar-refractivity contribution < 1.29 is 38.3 Å². The first-order chi connectivity index (χ1) is 14.5. The van der Waals surface area contributed by atoms with Crippen molar-refractivity contribution >= 4 is 35.1 Å². The molecule has 0 aromatic heterocycles. The number of fused-ring (bicyclic) bond motifs is 5. The molecule has 11 heteroatoms. The molecule has 3 aliphatic rings. The molecule has 4 rings (SSSR count). The van der Waals surface area contributed by atoms with Crippen LogP contribution in [0.25, 0.3) is 0 Å². The van der Waals surface area contributed by atoms with Gasteiger partial charge >= 0.3 is 11.9 Å². The average Bonchev–Trinajstić information content (AvgIpc) is 3.26. The summed E-state index contributed by atoms with van der Waals surface area (Å²) >= 11 is 0. The van der Waals surface area contributed by atoms with Gasteiger partial charge in [-0.05, 0) is 19.1 Å². The van der Waals surface area contributed by atoms with Crippen LogP contribution in [0.15, 0.2) is 36.4 Å². The Morgan fingerprint density at radius 1 is 1.13 bits per heavy atom. The van der Waals surface area contributed by atoms with Crippen molar-refractivity contribution in [1.82, 2.24) is 0 Å². The second kappa shape index (κ2) is 6.71. The summed E-state index contributed by atoms with van der Waals surface area (Å²) in [4.78, 5) is 61.4. The summed E-state index contributed by atoms with van der Waals surface area (Å²) < 4.78 is 16.4. The molecule has 1 aromatic rings. The third-order valence-electron chi connectivity index (χ3n) is 5.69. The van der Waals surface area contributed by atoms with E-state index in [1.54, 1.807) is 13.0 Å². The first-order valence-corrected chi connectivity index (χ1v) is 9.37. The average molecular weight is 430 g/mol. The minimum atomic E-state index is -1.71. The number of carbonyl (C=O) groups excluding carboxylic acids is 4. The third kappa shape index (κ3) is 2.92. The maximum atomic E-state index is 13.4. The number of anilines is 1. The molecule has 2 saturated heterocycles. The Hall–Kier alpha value is -3.60. The molecule has 4 unspecified atom stereocenters. The SMILES string of the molecule is CC(=O)OC(OC(C)=O)C12C=CC(C)(O1)C1C(=O)N(c3cccc([N+](=O)[O-])c3)C(=O)C12. The number of esters is 2. The number of non-ortho nitro benzene ring substituents is 1. The molecule has 0 N–H and O–H groups in total. The quantitative estimate of drug-likeness (QED) is 0.168. The van der Waals surface area contributed by atoms with Gasteiger partial charge in [0.15, 0.2) is 5.60 Å². The van der Waals surface area contributed by atoms with Crippen LogP contribution in [-0.4, -0.2) is 46.2 Å². The largest absolute Gasteiger partial charge is 0.422 e. The molecule has 0 radical (unpaired) electrons. The molecule has 4 atom stereocenters. The van der Waals surface area contributed by atoms with Crippen molar-refractivity contribution in [2.75, 3.05) is 4.90 Å². The fraction of sp³-hybridized carbons (Fsp3) is 0.400. The summed E-state index contributed by atoms with van der Waals surface area (Å²) in [7, 11) is 0.